The Morgan fingerprint density at radius 1 is 1.41 bits per heavy atom. The Labute approximate surface area is 131 Å². The van der Waals surface area contributed by atoms with Crippen LogP contribution in [0.15, 0.2) is 24.3 Å². The molecule has 1 saturated heterocycles. The first-order chi connectivity index (χ1) is 10.8. The average Bonchev–Trinajstić information content (AvgIpc) is 2.51. The lowest BCUT2D eigenvalue weighted by Gasteiger charge is -2.39. The molecule has 22 heavy (non-hydrogen) atoms. The van der Waals surface area contributed by atoms with Gasteiger partial charge in [0.25, 0.3) is 0 Å². The second-order valence-electron chi connectivity index (χ2n) is 6.23. The Morgan fingerprint density at radius 2 is 2.27 bits per heavy atom. The molecule has 1 aliphatic heterocycles. The molecule has 0 bridgehead atoms. The standard InChI is InChI=1S/C17H24N2O3/c20-11-14-5-2-6-15(9-14)18-17(21)16-12-22-8-7-19(16)10-13-3-1-4-13/h2,5-6,9,13,16,20H,1,3-4,7-8,10-12H2,(H,18,21). The van der Waals surface area contributed by atoms with E-state index in [9.17, 15) is 9.90 Å². The maximum atomic E-state index is 12.6. The summed E-state index contributed by atoms with van der Waals surface area (Å²) in [6.45, 7) is 2.96. The predicted molar refractivity (Wildman–Crippen MR) is 84.5 cm³/mol. The molecule has 1 aromatic rings. The number of hydrogen-bond donors (Lipinski definition) is 2. The third kappa shape index (κ3) is 3.66. The van der Waals surface area contributed by atoms with Crippen LogP contribution in [-0.2, 0) is 16.1 Å². The van der Waals surface area contributed by atoms with Crippen molar-refractivity contribution in [1.82, 2.24) is 4.90 Å². The van der Waals surface area contributed by atoms with E-state index < -0.39 is 0 Å². The lowest BCUT2D eigenvalue weighted by molar-refractivity contribution is -0.128. The zero-order chi connectivity index (χ0) is 15.4. The van der Waals surface area contributed by atoms with Gasteiger partial charge in [-0.15, -0.1) is 0 Å². The molecule has 2 fully saturated rings. The molecular weight excluding hydrogens is 280 g/mol. The first-order valence-electron chi connectivity index (χ1n) is 8.08. The van der Waals surface area contributed by atoms with Crippen molar-refractivity contribution < 1.29 is 14.6 Å². The summed E-state index contributed by atoms with van der Waals surface area (Å²) in [5.74, 6) is 0.722. The highest BCUT2D eigenvalue weighted by Gasteiger charge is 2.32. The van der Waals surface area contributed by atoms with Gasteiger partial charge in [-0.3, -0.25) is 9.69 Å². The monoisotopic (exact) mass is 304 g/mol. The van der Waals surface area contributed by atoms with E-state index in [2.05, 4.69) is 10.2 Å². The minimum Gasteiger partial charge on any atom is -0.392 e. The first-order valence-corrected chi connectivity index (χ1v) is 8.08. The largest absolute Gasteiger partial charge is 0.392 e. The number of benzene rings is 1. The van der Waals surface area contributed by atoms with Crippen LogP contribution in [0.2, 0.25) is 0 Å². The number of hydrogen-bond acceptors (Lipinski definition) is 4. The number of carbonyl (C=O) groups excluding carboxylic acids is 1. The van der Waals surface area contributed by atoms with Crippen LogP contribution >= 0.6 is 0 Å². The number of nitrogens with one attached hydrogen (secondary N) is 1. The molecule has 5 heteroatoms. The van der Waals surface area contributed by atoms with Crippen molar-refractivity contribution in [3.05, 3.63) is 29.8 Å². The van der Waals surface area contributed by atoms with E-state index in [1.165, 1.54) is 19.3 Å². The maximum absolute atomic E-state index is 12.6. The molecule has 1 aromatic carbocycles. The molecule has 1 heterocycles. The van der Waals surface area contributed by atoms with E-state index >= 15 is 0 Å². The fraction of sp³-hybridized carbons (Fsp3) is 0.588. The van der Waals surface area contributed by atoms with Gasteiger partial charge in [0.1, 0.15) is 6.04 Å². The Balaban J connectivity index is 1.62. The second-order valence-corrected chi connectivity index (χ2v) is 6.23. The SMILES string of the molecule is O=C(Nc1cccc(CO)c1)C1COCCN1CC1CCC1. The van der Waals surface area contributed by atoms with Crippen molar-refractivity contribution >= 4 is 11.6 Å². The highest BCUT2D eigenvalue weighted by Crippen LogP contribution is 2.28. The quantitative estimate of drug-likeness (QED) is 0.868. The first kappa shape index (κ1) is 15.5. The van der Waals surface area contributed by atoms with Crippen molar-refractivity contribution in [2.45, 2.75) is 31.9 Å². The Morgan fingerprint density at radius 3 is 3.00 bits per heavy atom. The van der Waals surface area contributed by atoms with Crippen LogP contribution in [-0.4, -0.2) is 48.3 Å². The zero-order valence-electron chi connectivity index (χ0n) is 12.8. The van der Waals surface area contributed by atoms with Crippen LogP contribution in [0, 0.1) is 5.92 Å². The van der Waals surface area contributed by atoms with Crippen molar-refractivity contribution in [3.8, 4) is 0 Å². The van der Waals surface area contributed by atoms with E-state index in [0.717, 1.165) is 30.3 Å². The number of aliphatic hydroxyl groups excluding tert-OH is 1. The summed E-state index contributed by atoms with van der Waals surface area (Å²) in [4.78, 5) is 14.8. The van der Waals surface area contributed by atoms with Gasteiger partial charge in [0, 0.05) is 18.8 Å². The molecule has 2 N–H and O–H groups in total. The van der Waals surface area contributed by atoms with Gasteiger partial charge < -0.3 is 15.2 Å². The van der Waals surface area contributed by atoms with E-state index in [-0.39, 0.29) is 18.6 Å². The highest BCUT2D eigenvalue weighted by molar-refractivity contribution is 5.95. The van der Waals surface area contributed by atoms with Crippen LogP contribution in [0.4, 0.5) is 5.69 Å². The summed E-state index contributed by atoms with van der Waals surface area (Å²) >= 11 is 0. The minimum atomic E-state index is -0.216. The average molecular weight is 304 g/mol. The van der Waals surface area contributed by atoms with Gasteiger partial charge in [-0.25, -0.2) is 0 Å². The summed E-state index contributed by atoms with van der Waals surface area (Å²) < 4.78 is 5.51. The van der Waals surface area contributed by atoms with Gasteiger partial charge in [-0.1, -0.05) is 18.6 Å². The third-order valence-corrected chi connectivity index (χ3v) is 4.64. The summed E-state index contributed by atoms with van der Waals surface area (Å²) in [7, 11) is 0. The van der Waals surface area contributed by atoms with Gasteiger partial charge in [0.15, 0.2) is 0 Å². The fourth-order valence-electron chi connectivity index (χ4n) is 3.08. The molecule has 3 rings (SSSR count). The van der Waals surface area contributed by atoms with Gasteiger partial charge in [0.2, 0.25) is 5.91 Å². The van der Waals surface area contributed by atoms with Crippen LogP contribution in [0.25, 0.3) is 0 Å². The van der Waals surface area contributed by atoms with E-state index in [0.29, 0.717) is 13.2 Å². The third-order valence-electron chi connectivity index (χ3n) is 4.64. The van der Waals surface area contributed by atoms with Crippen molar-refractivity contribution in [1.29, 1.82) is 0 Å². The van der Waals surface area contributed by atoms with Gasteiger partial charge >= 0.3 is 0 Å². The number of aliphatic hydroxyl groups is 1. The summed E-state index contributed by atoms with van der Waals surface area (Å²) in [6.07, 6.45) is 3.88. The Hall–Kier alpha value is -1.43. The molecule has 5 nitrogen and oxygen atoms in total. The Bertz CT molecular complexity index is 516. The summed E-state index contributed by atoms with van der Waals surface area (Å²) in [5, 5.41) is 12.1. The zero-order valence-corrected chi connectivity index (χ0v) is 12.8. The molecule has 120 valence electrons. The number of amides is 1. The molecule has 1 aliphatic carbocycles. The number of carbonyl (C=O) groups is 1. The molecule has 0 aromatic heterocycles. The predicted octanol–water partition coefficient (Wildman–Crippen LogP) is 1.62. The molecular formula is C17H24N2O3. The molecule has 1 atom stereocenters. The van der Waals surface area contributed by atoms with E-state index in [4.69, 9.17) is 4.74 Å². The number of ether oxygens (including phenoxy) is 1. The minimum absolute atomic E-state index is 0.0193. The van der Waals surface area contributed by atoms with Crippen LogP contribution in [0.1, 0.15) is 24.8 Å². The van der Waals surface area contributed by atoms with Gasteiger partial charge in [-0.2, -0.15) is 0 Å². The number of morpholine rings is 1. The number of rotatable bonds is 5. The second kappa shape index (κ2) is 7.22. The molecule has 1 amide bonds. The topological polar surface area (TPSA) is 61.8 Å². The molecule has 2 aliphatic rings. The number of nitrogens with zero attached hydrogens (tertiary/aromatic N) is 1. The molecule has 0 spiro atoms. The lowest BCUT2D eigenvalue weighted by atomic mass is 9.84. The van der Waals surface area contributed by atoms with Crippen LogP contribution in [0.3, 0.4) is 0 Å². The fourth-order valence-corrected chi connectivity index (χ4v) is 3.08. The van der Waals surface area contributed by atoms with Crippen molar-refractivity contribution in [2.75, 3.05) is 31.6 Å². The van der Waals surface area contributed by atoms with Gasteiger partial charge in [-0.05, 0) is 36.5 Å². The smallest absolute Gasteiger partial charge is 0.244 e. The lowest BCUT2D eigenvalue weighted by Crippen LogP contribution is -2.53. The summed E-state index contributed by atoms with van der Waals surface area (Å²) in [6, 6.07) is 7.11. The van der Waals surface area contributed by atoms with Crippen molar-refractivity contribution in [2.24, 2.45) is 5.92 Å². The van der Waals surface area contributed by atoms with Crippen LogP contribution in [0.5, 0.6) is 0 Å². The molecule has 0 radical (unpaired) electrons. The summed E-state index contributed by atoms with van der Waals surface area (Å²) in [5.41, 5.74) is 1.52. The normalized spacial score (nSPS) is 23.0. The van der Waals surface area contributed by atoms with E-state index in [1.54, 1.807) is 6.07 Å². The van der Waals surface area contributed by atoms with Crippen molar-refractivity contribution in [3.63, 3.8) is 0 Å². The van der Waals surface area contributed by atoms with Crippen LogP contribution < -0.4 is 5.32 Å². The highest BCUT2D eigenvalue weighted by atomic mass is 16.5. The van der Waals surface area contributed by atoms with E-state index in [1.807, 2.05) is 18.2 Å². The Kier molecular flexibility index (Phi) is 5.08. The number of anilines is 1. The van der Waals surface area contributed by atoms with Gasteiger partial charge in [0.05, 0.1) is 19.8 Å². The maximum Gasteiger partial charge on any atom is 0.244 e. The molecule has 1 unspecified atom stereocenters. The molecule has 1 saturated carbocycles.